The van der Waals surface area contributed by atoms with Crippen molar-refractivity contribution in [1.29, 1.82) is 0 Å². The molecule has 1 aromatic carbocycles. The van der Waals surface area contributed by atoms with Gasteiger partial charge in [0.25, 0.3) is 0 Å². The minimum atomic E-state index is 0.440. The molecule has 0 aliphatic carbocycles. The van der Waals surface area contributed by atoms with Crippen molar-refractivity contribution in [3.8, 4) is 0 Å². The standard InChI is InChI=1S/C15H22ClNO/c1-2-17-15(11-12-7-9-18-10-8-12)13-3-5-14(16)6-4-13/h3-6,12,15,17H,2,7-11H2,1H3. The molecule has 0 radical (unpaired) electrons. The topological polar surface area (TPSA) is 21.3 Å². The molecule has 0 aromatic heterocycles. The maximum Gasteiger partial charge on any atom is 0.0468 e. The van der Waals surface area contributed by atoms with Gasteiger partial charge in [0, 0.05) is 24.3 Å². The molecule has 0 spiro atoms. The van der Waals surface area contributed by atoms with Crippen LogP contribution in [0.1, 0.15) is 37.8 Å². The first-order valence-electron chi connectivity index (χ1n) is 6.86. The predicted octanol–water partition coefficient (Wildman–Crippen LogP) is 3.81. The summed E-state index contributed by atoms with van der Waals surface area (Å²) in [6, 6.07) is 8.66. The molecular formula is C15H22ClNO. The third kappa shape index (κ3) is 3.98. The number of ether oxygens (including phenoxy) is 1. The Morgan fingerprint density at radius 1 is 1.28 bits per heavy atom. The van der Waals surface area contributed by atoms with Gasteiger partial charge < -0.3 is 10.1 Å². The highest BCUT2D eigenvalue weighted by Gasteiger charge is 2.19. The van der Waals surface area contributed by atoms with Crippen molar-refractivity contribution in [2.75, 3.05) is 19.8 Å². The average molecular weight is 268 g/mol. The van der Waals surface area contributed by atoms with E-state index < -0.39 is 0 Å². The molecule has 0 bridgehead atoms. The lowest BCUT2D eigenvalue weighted by Crippen LogP contribution is -2.26. The third-order valence-corrected chi connectivity index (χ3v) is 3.88. The van der Waals surface area contributed by atoms with Crippen molar-refractivity contribution in [2.45, 2.75) is 32.2 Å². The van der Waals surface area contributed by atoms with E-state index in [0.717, 1.165) is 30.7 Å². The Morgan fingerprint density at radius 2 is 1.94 bits per heavy atom. The van der Waals surface area contributed by atoms with E-state index in [1.54, 1.807) is 0 Å². The van der Waals surface area contributed by atoms with Gasteiger partial charge in [-0.1, -0.05) is 30.7 Å². The van der Waals surface area contributed by atoms with Gasteiger partial charge in [0.05, 0.1) is 0 Å². The molecule has 1 saturated heterocycles. The first kappa shape index (κ1) is 13.9. The maximum atomic E-state index is 5.95. The summed E-state index contributed by atoms with van der Waals surface area (Å²) < 4.78 is 5.42. The molecule has 1 heterocycles. The Morgan fingerprint density at radius 3 is 2.56 bits per heavy atom. The van der Waals surface area contributed by atoms with Crippen LogP contribution in [0.2, 0.25) is 5.02 Å². The van der Waals surface area contributed by atoms with Crippen LogP contribution in [0.15, 0.2) is 24.3 Å². The highest BCUT2D eigenvalue weighted by Crippen LogP contribution is 2.28. The van der Waals surface area contributed by atoms with E-state index in [-0.39, 0.29) is 0 Å². The van der Waals surface area contributed by atoms with E-state index in [2.05, 4.69) is 24.4 Å². The molecule has 100 valence electrons. The summed E-state index contributed by atoms with van der Waals surface area (Å²) in [6.07, 6.45) is 3.57. The second-order valence-electron chi connectivity index (χ2n) is 4.95. The monoisotopic (exact) mass is 267 g/mol. The Bertz CT molecular complexity index is 346. The fraction of sp³-hybridized carbons (Fsp3) is 0.600. The quantitative estimate of drug-likeness (QED) is 0.876. The molecule has 0 amide bonds. The van der Waals surface area contributed by atoms with Crippen molar-refractivity contribution in [1.82, 2.24) is 5.32 Å². The van der Waals surface area contributed by atoms with E-state index in [4.69, 9.17) is 16.3 Å². The van der Waals surface area contributed by atoms with Gasteiger partial charge in [-0.05, 0) is 49.4 Å². The average Bonchev–Trinajstić information content (AvgIpc) is 2.40. The van der Waals surface area contributed by atoms with Crippen LogP contribution >= 0.6 is 11.6 Å². The smallest absolute Gasteiger partial charge is 0.0468 e. The van der Waals surface area contributed by atoms with Crippen LogP contribution in [0.4, 0.5) is 0 Å². The van der Waals surface area contributed by atoms with Crippen molar-refractivity contribution in [3.63, 3.8) is 0 Å². The molecule has 18 heavy (non-hydrogen) atoms. The summed E-state index contributed by atoms with van der Waals surface area (Å²) in [7, 11) is 0. The van der Waals surface area contributed by atoms with E-state index in [1.165, 1.54) is 24.8 Å². The molecule has 1 aliphatic heterocycles. The van der Waals surface area contributed by atoms with E-state index in [0.29, 0.717) is 6.04 Å². The number of hydrogen-bond donors (Lipinski definition) is 1. The predicted molar refractivity (Wildman–Crippen MR) is 76.0 cm³/mol. The molecule has 1 aromatic rings. The summed E-state index contributed by atoms with van der Waals surface area (Å²) in [4.78, 5) is 0. The summed E-state index contributed by atoms with van der Waals surface area (Å²) >= 11 is 5.95. The molecule has 1 fully saturated rings. The summed E-state index contributed by atoms with van der Waals surface area (Å²) in [5, 5.41) is 4.39. The van der Waals surface area contributed by atoms with Crippen LogP contribution in [0.5, 0.6) is 0 Å². The molecule has 2 nitrogen and oxygen atoms in total. The highest BCUT2D eigenvalue weighted by atomic mass is 35.5. The maximum absolute atomic E-state index is 5.95. The molecule has 3 heteroatoms. The van der Waals surface area contributed by atoms with Crippen LogP contribution in [-0.2, 0) is 4.74 Å². The molecule has 0 saturated carbocycles. The van der Waals surface area contributed by atoms with Gasteiger partial charge in [-0.15, -0.1) is 0 Å². The first-order valence-corrected chi connectivity index (χ1v) is 7.24. The second-order valence-corrected chi connectivity index (χ2v) is 5.39. The zero-order chi connectivity index (χ0) is 12.8. The Labute approximate surface area is 115 Å². The zero-order valence-electron chi connectivity index (χ0n) is 11.0. The number of rotatable bonds is 5. The van der Waals surface area contributed by atoms with Crippen LogP contribution < -0.4 is 5.32 Å². The fourth-order valence-electron chi connectivity index (χ4n) is 2.59. The molecule has 2 rings (SSSR count). The SMILES string of the molecule is CCNC(CC1CCOCC1)c1ccc(Cl)cc1. The van der Waals surface area contributed by atoms with Gasteiger partial charge in [0.2, 0.25) is 0 Å². The lowest BCUT2D eigenvalue weighted by molar-refractivity contribution is 0.0606. The van der Waals surface area contributed by atoms with Crippen molar-refractivity contribution in [2.24, 2.45) is 5.92 Å². The van der Waals surface area contributed by atoms with Crippen LogP contribution in [0.3, 0.4) is 0 Å². The number of benzene rings is 1. The van der Waals surface area contributed by atoms with E-state index in [9.17, 15) is 0 Å². The summed E-state index contributed by atoms with van der Waals surface area (Å²) in [5.74, 6) is 0.776. The minimum Gasteiger partial charge on any atom is -0.381 e. The fourth-order valence-corrected chi connectivity index (χ4v) is 2.72. The number of hydrogen-bond acceptors (Lipinski definition) is 2. The third-order valence-electron chi connectivity index (χ3n) is 3.63. The highest BCUT2D eigenvalue weighted by molar-refractivity contribution is 6.30. The van der Waals surface area contributed by atoms with Crippen LogP contribution in [-0.4, -0.2) is 19.8 Å². The van der Waals surface area contributed by atoms with Crippen molar-refractivity contribution < 1.29 is 4.74 Å². The van der Waals surface area contributed by atoms with Gasteiger partial charge >= 0.3 is 0 Å². The molecule has 1 unspecified atom stereocenters. The minimum absolute atomic E-state index is 0.440. The van der Waals surface area contributed by atoms with Crippen LogP contribution in [0, 0.1) is 5.92 Å². The lowest BCUT2D eigenvalue weighted by atomic mass is 9.89. The Hall–Kier alpha value is -0.570. The van der Waals surface area contributed by atoms with Gasteiger partial charge in [-0.3, -0.25) is 0 Å². The van der Waals surface area contributed by atoms with Gasteiger partial charge in [0.15, 0.2) is 0 Å². The first-order chi connectivity index (χ1) is 8.79. The normalized spacial score (nSPS) is 18.8. The summed E-state index contributed by atoms with van der Waals surface area (Å²) in [5.41, 5.74) is 1.34. The molecule has 1 N–H and O–H groups in total. The van der Waals surface area contributed by atoms with Crippen molar-refractivity contribution in [3.05, 3.63) is 34.9 Å². The number of halogens is 1. The van der Waals surface area contributed by atoms with Gasteiger partial charge in [-0.25, -0.2) is 0 Å². The van der Waals surface area contributed by atoms with E-state index >= 15 is 0 Å². The largest absolute Gasteiger partial charge is 0.381 e. The zero-order valence-corrected chi connectivity index (χ0v) is 11.7. The van der Waals surface area contributed by atoms with Gasteiger partial charge in [0.1, 0.15) is 0 Å². The van der Waals surface area contributed by atoms with E-state index in [1.807, 2.05) is 12.1 Å². The number of nitrogens with one attached hydrogen (secondary N) is 1. The Kier molecular flexibility index (Phi) is 5.48. The van der Waals surface area contributed by atoms with Gasteiger partial charge in [-0.2, -0.15) is 0 Å². The summed E-state index contributed by atoms with van der Waals surface area (Å²) in [6.45, 7) is 5.00. The molecule has 1 aliphatic rings. The second kappa shape index (κ2) is 7.13. The lowest BCUT2D eigenvalue weighted by Gasteiger charge is -2.27. The molecule has 1 atom stereocenters. The molecular weight excluding hydrogens is 246 g/mol. The van der Waals surface area contributed by atoms with Crippen LogP contribution in [0.25, 0.3) is 0 Å². The Balaban J connectivity index is 2.00. The van der Waals surface area contributed by atoms with Crippen molar-refractivity contribution >= 4 is 11.6 Å².